The van der Waals surface area contributed by atoms with Crippen LogP contribution in [0, 0.1) is 0 Å². The quantitative estimate of drug-likeness (QED) is 0.731. The molecule has 21 heavy (non-hydrogen) atoms. The summed E-state index contributed by atoms with van der Waals surface area (Å²) in [6.07, 6.45) is -5.34. The molecule has 0 bridgehead atoms. The molecule has 0 saturated carbocycles. The second-order valence-corrected chi connectivity index (χ2v) is 6.41. The van der Waals surface area contributed by atoms with Gasteiger partial charge < -0.3 is 5.11 Å². The largest absolute Gasteiger partial charge is 0.416 e. The van der Waals surface area contributed by atoms with Gasteiger partial charge in [-0.05, 0) is 42.0 Å². The Kier molecular flexibility index (Phi) is 5.35. The molecule has 2 aromatic rings. The number of halogens is 4. The highest BCUT2D eigenvalue weighted by molar-refractivity contribution is 9.10. The molecule has 112 valence electrons. The average molecular weight is 377 g/mol. The molecule has 0 aliphatic carbocycles. The van der Waals surface area contributed by atoms with Gasteiger partial charge in [-0.2, -0.15) is 13.2 Å². The maximum Gasteiger partial charge on any atom is 0.416 e. The van der Waals surface area contributed by atoms with Crippen molar-refractivity contribution in [1.29, 1.82) is 0 Å². The van der Waals surface area contributed by atoms with E-state index in [9.17, 15) is 18.3 Å². The van der Waals surface area contributed by atoms with Crippen LogP contribution < -0.4 is 0 Å². The second-order valence-electron chi connectivity index (χ2n) is 4.40. The van der Waals surface area contributed by atoms with Crippen molar-refractivity contribution in [3.63, 3.8) is 0 Å². The minimum Gasteiger partial charge on any atom is -0.388 e. The van der Waals surface area contributed by atoms with E-state index in [4.69, 9.17) is 0 Å². The van der Waals surface area contributed by atoms with Crippen molar-refractivity contribution in [3.05, 3.63) is 64.1 Å². The van der Waals surface area contributed by atoms with Gasteiger partial charge in [0.25, 0.3) is 0 Å². The molecule has 2 rings (SSSR count). The third-order valence-corrected chi connectivity index (χ3v) is 4.44. The molecule has 1 nitrogen and oxygen atoms in total. The van der Waals surface area contributed by atoms with Gasteiger partial charge in [0.2, 0.25) is 0 Å². The Morgan fingerprint density at radius 1 is 1.10 bits per heavy atom. The molecule has 0 radical (unpaired) electrons. The molecule has 0 saturated heterocycles. The van der Waals surface area contributed by atoms with Crippen LogP contribution in [0.3, 0.4) is 0 Å². The van der Waals surface area contributed by atoms with Gasteiger partial charge in [-0.15, -0.1) is 11.8 Å². The number of rotatable bonds is 4. The van der Waals surface area contributed by atoms with Crippen LogP contribution in [0.2, 0.25) is 0 Å². The van der Waals surface area contributed by atoms with E-state index in [-0.39, 0.29) is 5.56 Å². The third kappa shape index (κ3) is 4.76. The van der Waals surface area contributed by atoms with Crippen molar-refractivity contribution in [2.75, 3.05) is 5.75 Å². The highest BCUT2D eigenvalue weighted by Gasteiger charge is 2.30. The molecule has 0 aromatic heterocycles. The molecule has 0 aliphatic heterocycles. The molecule has 0 heterocycles. The highest BCUT2D eigenvalue weighted by atomic mass is 79.9. The van der Waals surface area contributed by atoms with E-state index in [1.165, 1.54) is 23.9 Å². The SMILES string of the molecule is OC(CSc1ccc(Br)cc1)c1cccc(C(F)(F)F)c1. The molecule has 0 fully saturated rings. The van der Waals surface area contributed by atoms with Gasteiger partial charge in [0.05, 0.1) is 11.7 Å². The van der Waals surface area contributed by atoms with Gasteiger partial charge in [-0.3, -0.25) is 0 Å². The summed E-state index contributed by atoms with van der Waals surface area (Å²) in [5, 5.41) is 10.0. The number of hydrogen-bond donors (Lipinski definition) is 1. The number of hydrogen-bond acceptors (Lipinski definition) is 2. The fourth-order valence-electron chi connectivity index (χ4n) is 1.72. The molecule has 6 heteroatoms. The van der Waals surface area contributed by atoms with E-state index < -0.39 is 17.8 Å². The Hall–Kier alpha value is -0.980. The molecule has 1 atom stereocenters. The lowest BCUT2D eigenvalue weighted by atomic mass is 10.1. The first-order valence-corrected chi connectivity index (χ1v) is 7.88. The molecular weight excluding hydrogens is 365 g/mol. The van der Waals surface area contributed by atoms with Crippen LogP contribution in [0.1, 0.15) is 17.2 Å². The monoisotopic (exact) mass is 376 g/mol. The van der Waals surface area contributed by atoms with E-state index in [0.717, 1.165) is 21.5 Å². The zero-order valence-electron chi connectivity index (χ0n) is 10.8. The minimum atomic E-state index is -4.39. The normalized spacial score (nSPS) is 13.2. The summed E-state index contributed by atoms with van der Waals surface area (Å²) in [5.74, 6) is 0.295. The minimum absolute atomic E-state index is 0.273. The van der Waals surface area contributed by atoms with Crippen LogP contribution in [0.5, 0.6) is 0 Å². The lowest BCUT2D eigenvalue weighted by Gasteiger charge is -2.13. The number of aliphatic hydroxyl groups is 1. The molecular formula is C15H12BrF3OS. The first-order chi connectivity index (χ1) is 9.86. The summed E-state index contributed by atoms with van der Waals surface area (Å²) in [6.45, 7) is 0. The predicted molar refractivity (Wildman–Crippen MR) is 81.3 cm³/mol. The number of thioether (sulfide) groups is 1. The molecule has 0 amide bonds. The van der Waals surface area contributed by atoms with Crippen molar-refractivity contribution < 1.29 is 18.3 Å². The maximum absolute atomic E-state index is 12.6. The van der Waals surface area contributed by atoms with Gasteiger partial charge >= 0.3 is 6.18 Å². The third-order valence-electron chi connectivity index (χ3n) is 2.82. The smallest absolute Gasteiger partial charge is 0.388 e. The lowest BCUT2D eigenvalue weighted by molar-refractivity contribution is -0.137. The van der Waals surface area contributed by atoms with Crippen LogP contribution >= 0.6 is 27.7 Å². The summed E-state index contributed by atoms with van der Waals surface area (Å²) in [6, 6.07) is 12.3. The Bertz CT molecular complexity index is 599. The van der Waals surface area contributed by atoms with Gasteiger partial charge in [-0.1, -0.05) is 28.1 Å². The Balaban J connectivity index is 2.03. The first kappa shape index (κ1) is 16.4. The Labute approximate surface area is 133 Å². The van der Waals surface area contributed by atoms with E-state index in [1.54, 1.807) is 0 Å². The molecule has 0 aliphatic rings. The topological polar surface area (TPSA) is 20.2 Å². The van der Waals surface area contributed by atoms with Gasteiger partial charge in [0.15, 0.2) is 0 Å². The summed E-state index contributed by atoms with van der Waals surface area (Å²) < 4.78 is 38.8. The number of aliphatic hydroxyl groups excluding tert-OH is 1. The fraction of sp³-hybridized carbons (Fsp3) is 0.200. The second kappa shape index (κ2) is 6.85. The molecule has 0 spiro atoms. The molecule has 1 N–H and O–H groups in total. The van der Waals surface area contributed by atoms with Crippen molar-refractivity contribution >= 4 is 27.7 Å². The van der Waals surface area contributed by atoms with Crippen LogP contribution in [-0.2, 0) is 6.18 Å². The summed E-state index contributed by atoms with van der Waals surface area (Å²) >= 11 is 4.72. The summed E-state index contributed by atoms with van der Waals surface area (Å²) in [7, 11) is 0. The van der Waals surface area contributed by atoms with Crippen molar-refractivity contribution in [1.82, 2.24) is 0 Å². The van der Waals surface area contributed by atoms with Crippen LogP contribution in [0.4, 0.5) is 13.2 Å². The molecule has 1 unspecified atom stereocenters. The van der Waals surface area contributed by atoms with Gasteiger partial charge in [0.1, 0.15) is 0 Å². The van der Waals surface area contributed by atoms with Crippen LogP contribution in [0.25, 0.3) is 0 Å². The van der Waals surface area contributed by atoms with Crippen molar-refractivity contribution in [2.24, 2.45) is 0 Å². The van der Waals surface area contributed by atoms with Crippen molar-refractivity contribution in [2.45, 2.75) is 17.2 Å². The highest BCUT2D eigenvalue weighted by Crippen LogP contribution is 2.32. The number of benzene rings is 2. The standard InChI is InChI=1S/C15H12BrF3OS/c16-12-4-6-13(7-5-12)21-9-14(20)10-2-1-3-11(8-10)15(17,18)19/h1-8,14,20H,9H2. The first-order valence-electron chi connectivity index (χ1n) is 6.10. The van der Waals surface area contributed by atoms with Crippen LogP contribution in [0.15, 0.2) is 57.9 Å². The van der Waals surface area contributed by atoms with Crippen LogP contribution in [-0.4, -0.2) is 10.9 Å². The van der Waals surface area contributed by atoms with Gasteiger partial charge in [0, 0.05) is 15.1 Å². The maximum atomic E-state index is 12.6. The Morgan fingerprint density at radius 3 is 2.38 bits per heavy atom. The zero-order chi connectivity index (χ0) is 15.5. The van der Waals surface area contributed by atoms with E-state index in [1.807, 2.05) is 24.3 Å². The number of alkyl halides is 3. The fourth-order valence-corrected chi connectivity index (χ4v) is 2.86. The van der Waals surface area contributed by atoms with Gasteiger partial charge in [-0.25, -0.2) is 0 Å². The Morgan fingerprint density at radius 2 is 1.76 bits per heavy atom. The van der Waals surface area contributed by atoms with E-state index >= 15 is 0 Å². The average Bonchev–Trinajstić information content (AvgIpc) is 2.45. The zero-order valence-corrected chi connectivity index (χ0v) is 13.2. The van der Waals surface area contributed by atoms with Crippen molar-refractivity contribution in [3.8, 4) is 0 Å². The van der Waals surface area contributed by atoms with E-state index in [2.05, 4.69) is 15.9 Å². The molecule has 2 aromatic carbocycles. The lowest BCUT2D eigenvalue weighted by Crippen LogP contribution is -2.07. The summed E-state index contributed by atoms with van der Waals surface area (Å²) in [4.78, 5) is 0.948. The van der Waals surface area contributed by atoms with E-state index in [0.29, 0.717) is 5.75 Å². The summed E-state index contributed by atoms with van der Waals surface area (Å²) in [5.41, 5.74) is -0.470. The predicted octanol–water partition coefficient (Wildman–Crippen LogP) is 5.29.